The Labute approximate surface area is 138 Å². The van der Waals surface area contributed by atoms with Gasteiger partial charge in [-0.05, 0) is 48.7 Å². The molecule has 0 aromatic heterocycles. The molecule has 1 unspecified atom stereocenters. The van der Waals surface area contributed by atoms with Crippen molar-refractivity contribution in [1.82, 2.24) is 0 Å². The molecule has 2 rings (SSSR count). The van der Waals surface area contributed by atoms with Crippen molar-refractivity contribution in [3.63, 3.8) is 0 Å². The third-order valence-corrected chi connectivity index (χ3v) is 4.85. The van der Waals surface area contributed by atoms with E-state index in [2.05, 4.69) is 41.9 Å². The lowest BCUT2D eigenvalue weighted by molar-refractivity contribution is 0.410. The first-order valence-corrected chi connectivity index (χ1v) is 7.79. The second kappa shape index (κ2) is 6.38. The highest BCUT2D eigenvalue weighted by Gasteiger charge is 2.18. The van der Waals surface area contributed by atoms with Crippen molar-refractivity contribution in [2.45, 2.75) is 19.2 Å². The zero-order valence-corrected chi connectivity index (χ0v) is 14.6. The van der Waals surface area contributed by atoms with Crippen LogP contribution >= 0.6 is 39.1 Å². The highest BCUT2D eigenvalue weighted by Crippen LogP contribution is 2.39. The van der Waals surface area contributed by atoms with Crippen LogP contribution in [0.5, 0.6) is 5.75 Å². The molecule has 2 aromatic carbocycles. The summed E-state index contributed by atoms with van der Waals surface area (Å²) in [5.74, 6) is 0.706. The lowest BCUT2D eigenvalue weighted by Gasteiger charge is -2.18. The fourth-order valence-corrected chi connectivity index (χ4v) is 3.17. The zero-order chi connectivity index (χ0) is 14.9. The molecule has 0 N–H and O–H groups in total. The molecular formula is C16H15BrCl2O. The van der Waals surface area contributed by atoms with Gasteiger partial charge >= 0.3 is 0 Å². The van der Waals surface area contributed by atoms with E-state index in [1.54, 1.807) is 13.2 Å². The van der Waals surface area contributed by atoms with Gasteiger partial charge in [0.2, 0.25) is 0 Å². The number of halogens is 3. The number of benzene rings is 2. The van der Waals surface area contributed by atoms with Crippen LogP contribution in [0.1, 0.15) is 27.6 Å². The van der Waals surface area contributed by atoms with Crippen LogP contribution < -0.4 is 4.74 Å². The van der Waals surface area contributed by atoms with Gasteiger partial charge in [0, 0.05) is 15.1 Å². The summed E-state index contributed by atoms with van der Waals surface area (Å²) in [6, 6.07) is 9.71. The molecule has 0 aliphatic heterocycles. The van der Waals surface area contributed by atoms with Gasteiger partial charge in [0.05, 0.1) is 12.5 Å². The van der Waals surface area contributed by atoms with Crippen molar-refractivity contribution in [3.05, 3.63) is 62.1 Å². The summed E-state index contributed by atoms with van der Waals surface area (Å²) < 4.78 is 6.47. The average Bonchev–Trinajstić information content (AvgIpc) is 2.42. The Morgan fingerprint density at radius 3 is 2.40 bits per heavy atom. The molecule has 0 amide bonds. The lowest BCUT2D eigenvalue weighted by atomic mass is 9.97. The first kappa shape index (κ1) is 15.7. The maximum atomic E-state index is 6.66. The SMILES string of the molecule is COc1cc(Cl)ccc1C(Cl)c1cc(C)c(Br)cc1C. The topological polar surface area (TPSA) is 9.23 Å². The summed E-state index contributed by atoms with van der Waals surface area (Å²) in [6.07, 6.45) is 0. The maximum Gasteiger partial charge on any atom is 0.125 e. The third-order valence-electron chi connectivity index (χ3n) is 3.29. The Morgan fingerprint density at radius 1 is 1.05 bits per heavy atom. The van der Waals surface area contributed by atoms with Gasteiger partial charge in [-0.25, -0.2) is 0 Å². The molecule has 0 radical (unpaired) electrons. The van der Waals surface area contributed by atoms with E-state index < -0.39 is 0 Å². The predicted molar refractivity (Wildman–Crippen MR) is 89.3 cm³/mol. The average molecular weight is 374 g/mol. The Balaban J connectivity index is 2.51. The van der Waals surface area contributed by atoms with Crippen LogP contribution in [-0.2, 0) is 0 Å². The Morgan fingerprint density at radius 2 is 1.75 bits per heavy atom. The van der Waals surface area contributed by atoms with Crippen LogP contribution in [0.2, 0.25) is 5.02 Å². The molecule has 0 saturated heterocycles. The number of alkyl halides is 1. The number of aryl methyl sites for hydroxylation is 2. The van der Waals surface area contributed by atoms with Crippen molar-refractivity contribution in [1.29, 1.82) is 0 Å². The van der Waals surface area contributed by atoms with Crippen LogP contribution in [0.25, 0.3) is 0 Å². The van der Waals surface area contributed by atoms with E-state index in [1.165, 1.54) is 0 Å². The highest BCUT2D eigenvalue weighted by molar-refractivity contribution is 9.10. The van der Waals surface area contributed by atoms with E-state index in [1.807, 2.05) is 12.1 Å². The van der Waals surface area contributed by atoms with E-state index in [9.17, 15) is 0 Å². The Bertz CT molecular complexity index is 641. The van der Waals surface area contributed by atoms with E-state index in [0.29, 0.717) is 10.8 Å². The minimum atomic E-state index is -0.269. The van der Waals surface area contributed by atoms with Crippen LogP contribution in [0.4, 0.5) is 0 Å². The molecule has 2 aromatic rings. The van der Waals surface area contributed by atoms with Gasteiger partial charge in [0.1, 0.15) is 5.75 Å². The molecule has 106 valence electrons. The van der Waals surface area contributed by atoms with Crippen molar-refractivity contribution in [2.75, 3.05) is 7.11 Å². The normalized spacial score (nSPS) is 12.3. The van der Waals surface area contributed by atoms with E-state index in [-0.39, 0.29) is 5.38 Å². The van der Waals surface area contributed by atoms with Crippen molar-refractivity contribution in [3.8, 4) is 5.75 Å². The standard InChI is InChI=1S/C16H15BrCl2O/c1-9-7-14(17)10(2)6-13(9)16(19)12-5-4-11(18)8-15(12)20-3/h4-8,16H,1-3H3. The van der Waals surface area contributed by atoms with Gasteiger partial charge in [0.15, 0.2) is 0 Å². The first-order chi connectivity index (χ1) is 9.43. The maximum absolute atomic E-state index is 6.66. The zero-order valence-electron chi connectivity index (χ0n) is 11.5. The van der Waals surface area contributed by atoms with Crippen LogP contribution in [-0.4, -0.2) is 7.11 Å². The summed E-state index contributed by atoms with van der Waals surface area (Å²) in [6.45, 7) is 4.10. The molecule has 1 atom stereocenters. The fourth-order valence-electron chi connectivity index (χ4n) is 2.14. The summed E-state index contributed by atoms with van der Waals surface area (Å²) in [4.78, 5) is 0. The first-order valence-electron chi connectivity index (χ1n) is 6.18. The van der Waals surface area contributed by atoms with Crippen molar-refractivity contribution < 1.29 is 4.74 Å². The van der Waals surface area contributed by atoms with Crippen LogP contribution in [0.15, 0.2) is 34.8 Å². The molecule has 0 saturated carbocycles. The molecule has 0 fully saturated rings. The number of methoxy groups -OCH3 is 1. The molecule has 0 aliphatic carbocycles. The highest BCUT2D eigenvalue weighted by atomic mass is 79.9. The monoisotopic (exact) mass is 372 g/mol. The minimum absolute atomic E-state index is 0.269. The van der Waals surface area contributed by atoms with Crippen LogP contribution in [0.3, 0.4) is 0 Å². The van der Waals surface area contributed by atoms with Gasteiger partial charge in [0.25, 0.3) is 0 Å². The lowest BCUT2D eigenvalue weighted by Crippen LogP contribution is -2.00. The molecule has 4 heteroatoms. The summed E-state index contributed by atoms with van der Waals surface area (Å²) >= 11 is 16.2. The van der Waals surface area contributed by atoms with Gasteiger partial charge in [-0.2, -0.15) is 0 Å². The van der Waals surface area contributed by atoms with Gasteiger partial charge in [-0.1, -0.05) is 39.7 Å². The van der Waals surface area contributed by atoms with Gasteiger partial charge in [-0.15, -0.1) is 11.6 Å². The number of hydrogen-bond donors (Lipinski definition) is 0. The summed E-state index contributed by atoms with van der Waals surface area (Å²) in [7, 11) is 1.62. The van der Waals surface area contributed by atoms with E-state index in [4.69, 9.17) is 27.9 Å². The third kappa shape index (κ3) is 3.13. The summed E-state index contributed by atoms with van der Waals surface area (Å²) in [5, 5.41) is 0.368. The van der Waals surface area contributed by atoms with Gasteiger partial charge < -0.3 is 4.74 Å². The smallest absolute Gasteiger partial charge is 0.125 e. The number of ether oxygens (including phenoxy) is 1. The second-order valence-corrected chi connectivity index (χ2v) is 6.43. The molecule has 20 heavy (non-hydrogen) atoms. The quantitative estimate of drug-likeness (QED) is 0.594. The van der Waals surface area contributed by atoms with E-state index >= 15 is 0 Å². The molecule has 0 heterocycles. The second-order valence-electron chi connectivity index (χ2n) is 4.71. The molecule has 0 bridgehead atoms. The summed E-state index contributed by atoms with van der Waals surface area (Å²) in [5.41, 5.74) is 4.29. The minimum Gasteiger partial charge on any atom is -0.496 e. The molecular weight excluding hydrogens is 359 g/mol. The van der Waals surface area contributed by atoms with Gasteiger partial charge in [-0.3, -0.25) is 0 Å². The van der Waals surface area contributed by atoms with Crippen molar-refractivity contribution in [2.24, 2.45) is 0 Å². The predicted octanol–water partition coefficient (Wildman–Crippen LogP) is 6.06. The Hall–Kier alpha value is -0.700. The fraction of sp³-hybridized carbons (Fsp3) is 0.250. The number of hydrogen-bond acceptors (Lipinski definition) is 1. The van der Waals surface area contributed by atoms with E-state index in [0.717, 1.165) is 26.7 Å². The van der Waals surface area contributed by atoms with Crippen molar-refractivity contribution >= 4 is 39.1 Å². The molecule has 0 aliphatic rings. The van der Waals surface area contributed by atoms with Crippen LogP contribution in [0, 0.1) is 13.8 Å². The number of rotatable bonds is 3. The molecule has 1 nitrogen and oxygen atoms in total. The molecule has 0 spiro atoms. The Kier molecular flexibility index (Phi) is 5.00. The largest absolute Gasteiger partial charge is 0.496 e.